The Bertz CT molecular complexity index is 631. The van der Waals surface area contributed by atoms with Gasteiger partial charge in [0.1, 0.15) is 0 Å². The van der Waals surface area contributed by atoms with E-state index in [0.29, 0.717) is 12.1 Å². The van der Waals surface area contributed by atoms with Gasteiger partial charge in [0.2, 0.25) is 12.7 Å². The van der Waals surface area contributed by atoms with Gasteiger partial charge in [-0.15, -0.1) is 0 Å². The molecule has 2 atom stereocenters. The van der Waals surface area contributed by atoms with Gasteiger partial charge >= 0.3 is 0 Å². The van der Waals surface area contributed by atoms with Crippen molar-refractivity contribution in [2.75, 3.05) is 13.0 Å². The number of nitrogens with zero attached hydrogens (tertiary/aromatic N) is 1. The van der Waals surface area contributed by atoms with Crippen molar-refractivity contribution in [1.82, 2.24) is 4.90 Å². The van der Waals surface area contributed by atoms with Crippen LogP contribution in [0.25, 0.3) is 6.08 Å². The zero-order valence-electron chi connectivity index (χ0n) is 13.2. The van der Waals surface area contributed by atoms with Crippen molar-refractivity contribution in [2.45, 2.75) is 43.0 Å². The van der Waals surface area contributed by atoms with Crippen LogP contribution in [0.15, 0.2) is 24.3 Å². The number of ether oxygens (including phenoxy) is 2. The standard InChI is InChI=1S/C18H21NO3S/c1-23-15-9-13-4-5-14(10-15)19(13)18(20)7-3-12-2-6-16-17(8-12)22-11-21-16/h2-3,6-8,13-15H,4-5,9-11H2,1H3. The van der Waals surface area contributed by atoms with Gasteiger partial charge in [-0.05, 0) is 55.7 Å². The van der Waals surface area contributed by atoms with Gasteiger partial charge in [-0.1, -0.05) is 6.07 Å². The van der Waals surface area contributed by atoms with E-state index in [1.807, 2.05) is 36.0 Å². The average Bonchev–Trinajstić information content (AvgIpc) is 3.14. The van der Waals surface area contributed by atoms with Crippen LogP contribution in [0.3, 0.4) is 0 Å². The lowest BCUT2D eigenvalue weighted by Crippen LogP contribution is -2.46. The summed E-state index contributed by atoms with van der Waals surface area (Å²) in [5.74, 6) is 1.67. The number of hydrogen-bond donors (Lipinski definition) is 0. The van der Waals surface area contributed by atoms with Crippen LogP contribution in [0.5, 0.6) is 11.5 Å². The highest BCUT2D eigenvalue weighted by atomic mass is 32.2. The molecule has 0 saturated carbocycles. The van der Waals surface area contributed by atoms with E-state index >= 15 is 0 Å². The highest BCUT2D eigenvalue weighted by Gasteiger charge is 2.42. The second kappa shape index (κ2) is 6.11. The first-order valence-electron chi connectivity index (χ1n) is 8.17. The largest absolute Gasteiger partial charge is 0.454 e. The fourth-order valence-electron chi connectivity index (χ4n) is 3.95. The maximum Gasteiger partial charge on any atom is 0.247 e. The zero-order chi connectivity index (χ0) is 15.8. The molecule has 2 bridgehead atoms. The molecule has 4 rings (SSSR count). The monoisotopic (exact) mass is 331 g/mol. The summed E-state index contributed by atoms with van der Waals surface area (Å²) in [6.45, 7) is 0.273. The van der Waals surface area contributed by atoms with E-state index in [-0.39, 0.29) is 12.7 Å². The summed E-state index contributed by atoms with van der Waals surface area (Å²) < 4.78 is 10.7. The lowest BCUT2D eigenvalue weighted by molar-refractivity contribution is -0.129. The smallest absolute Gasteiger partial charge is 0.247 e. The molecule has 4 nitrogen and oxygen atoms in total. The maximum absolute atomic E-state index is 12.6. The quantitative estimate of drug-likeness (QED) is 0.797. The van der Waals surface area contributed by atoms with Crippen LogP contribution in [-0.2, 0) is 4.79 Å². The Labute approximate surface area is 140 Å². The van der Waals surface area contributed by atoms with E-state index in [1.54, 1.807) is 6.08 Å². The fourth-order valence-corrected chi connectivity index (χ4v) is 4.78. The first-order valence-corrected chi connectivity index (χ1v) is 9.46. The third kappa shape index (κ3) is 2.82. The fraction of sp³-hybridized carbons (Fsp3) is 0.500. The van der Waals surface area contributed by atoms with E-state index in [1.165, 1.54) is 0 Å². The van der Waals surface area contributed by atoms with Crippen LogP contribution >= 0.6 is 11.8 Å². The predicted molar refractivity (Wildman–Crippen MR) is 91.8 cm³/mol. The molecule has 0 N–H and O–H groups in total. The van der Waals surface area contributed by atoms with Gasteiger partial charge < -0.3 is 14.4 Å². The van der Waals surface area contributed by atoms with Crippen molar-refractivity contribution < 1.29 is 14.3 Å². The Morgan fingerprint density at radius 1 is 1.22 bits per heavy atom. The first kappa shape index (κ1) is 14.9. The Morgan fingerprint density at radius 2 is 1.96 bits per heavy atom. The van der Waals surface area contributed by atoms with Gasteiger partial charge in [-0.2, -0.15) is 11.8 Å². The molecule has 1 amide bonds. The normalized spacial score (nSPS) is 28.6. The van der Waals surface area contributed by atoms with Crippen LogP contribution < -0.4 is 9.47 Å². The Hall–Kier alpha value is -1.62. The van der Waals surface area contributed by atoms with Gasteiger partial charge in [-0.3, -0.25) is 4.79 Å². The van der Waals surface area contributed by atoms with E-state index in [2.05, 4.69) is 11.2 Å². The molecular weight excluding hydrogens is 310 g/mol. The van der Waals surface area contributed by atoms with Crippen LogP contribution in [-0.4, -0.2) is 41.2 Å². The number of thioether (sulfide) groups is 1. The molecule has 3 aliphatic heterocycles. The van der Waals surface area contributed by atoms with Crippen molar-refractivity contribution in [3.63, 3.8) is 0 Å². The van der Waals surface area contributed by atoms with Crippen LogP contribution in [0, 0.1) is 0 Å². The van der Waals surface area contributed by atoms with Gasteiger partial charge in [0, 0.05) is 23.4 Å². The lowest BCUT2D eigenvalue weighted by atomic mass is 10.0. The number of rotatable bonds is 3. The van der Waals surface area contributed by atoms with Crippen molar-refractivity contribution >= 4 is 23.7 Å². The minimum absolute atomic E-state index is 0.148. The second-order valence-corrected chi connectivity index (χ2v) is 7.54. The van der Waals surface area contributed by atoms with Crippen LogP contribution in [0.2, 0.25) is 0 Å². The summed E-state index contributed by atoms with van der Waals surface area (Å²) in [5, 5.41) is 0.717. The average molecular weight is 331 g/mol. The summed E-state index contributed by atoms with van der Waals surface area (Å²) in [4.78, 5) is 14.8. The number of carbonyl (C=O) groups excluding carboxylic acids is 1. The molecule has 122 valence electrons. The van der Waals surface area contributed by atoms with E-state index < -0.39 is 0 Å². The summed E-state index contributed by atoms with van der Waals surface area (Å²) in [6.07, 6.45) is 10.4. The lowest BCUT2D eigenvalue weighted by Gasteiger charge is -2.37. The summed E-state index contributed by atoms with van der Waals surface area (Å²) in [7, 11) is 0. The molecular formula is C18H21NO3S. The predicted octanol–water partition coefficient (Wildman–Crippen LogP) is 3.31. The minimum Gasteiger partial charge on any atom is -0.454 e. The number of fused-ring (bicyclic) bond motifs is 3. The van der Waals surface area contributed by atoms with Gasteiger partial charge in [0.15, 0.2) is 11.5 Å². The molecule has 5 heteroatoms. The highest BCUT2D eigenvalue weighted by Crippen LogP contribution is 2.39. The number of amides is 1. The molecule has 1 aromatic rings. The topological polar surface area (TPSA) is 38.8 Å². The molecule has 1 aromatic carbocycles. The summed E-state index contributed by atoms with van der Waals surface area (Å²) in [5.41, 5.74) is 0.967. The molecule has 0 aromatic heterocycles. The number of carbonyl (C=O) groups is 1. The molecule has 0 radical (unpaired) electrons. The Balaban J connectivity index is 1.46. The van der Waals surface area contributed by atoms with Crippen LogP contribution in [0.4, 0.5) is 0 Å². The van der Waals surface area contributed by atoms with E-state index in [4.69, 9.17) is 9.47 Å². The number of benzene rings is 1. The Morgan fingerprint density at radius 3 is 2.70 bits per heavy atom. The zero-order valence-corrected chi connectivity index (χ0v) is 14.1. The van der Waals surface area contributed by atoms with E-state index in [0.717, 1.165) is 48.0 Å². The molecule has 2 fully saturated rings. The third-order valence-corrected chi connectivity index (χ3v) is 6.14. The maximum atomic E-state index is 12.6. The summed E-state index contributed by atoms with van der Waals surface area (Å²) >= 11 is 1.95. The highest BCUT2D eigenvalue weighted by molar-refractivity contribution is 7.99. The molecule has 3 heterocycles. The molecule has 0 spiro atoms. The van der Waals surface area contributed by atoms with Crippen molar-refractivity contribution in [3.05, 3.63) is 29.8 Å². The SMILES string of the molecule is CSC1CC2CCC(C1)N2C(=O)C=Cc1ccc2c(c1)OCO2. The van der Waals surface area contributed by atoms with Gasteiger partial charge in [0.25, 0.3) is 0 Å². The van der Waals surface area contributed by atoms with E-state index in [9.17, 15) is 4.79 Å². The second-order valence-electron chi connectivity index (χ2n) is 6.41. The molecule has 2 unspecified atom stereocenters. The van der Waals surface area contributed by atoms with Crippen molar-refractivity contribution in [1.29, 1.82) is 0 Å². The van der Waals surface area contributed by atoms with Gasteiger partial charge in [0.05, 0.1) is 0 Å². The van der Waals surface area contributed by atoms with Crippen LogP contribution in [0.1, 0.15) is 31.2 Å². The number of hydrogen-bond acceptors (Lipinski definition) is 4. The molecule has 3 aliphatic rings. The molecule has 0 aliphatic carbocycles. The molecule has 23 heavy (non-hydrogen) atoms. The Kier molecular flexibility index (Phi) is 3.97. The third-order valence-electron chi connectivity index (χ3n) is 5.09. The number of piperidine rings is 1. The first-order chi connectivity index (χ1) is 11.2. The summed E-state index contributed by atoms with van der Waals surface area (Å²) in [6, 6.07) is 6.62. The van der Waals surface area contributed by atoms with Crippen molar-refractivity contribution in [2.24, 2.45) is 0 Å². The minimum atomic E-state index is 0.148. The van der Waals surface area contributed by atoms with Gasteiger partial charge in [-0.25, -0.2) is 0 Å². The van der Waals surface area contributed by atoms with Crippen molar-refractivity contribution in [3.8, 4) is 11.5 Å². The molecule has 2 saturated heterocycles.